The minimum Gasteiger partial charge on any atom is -0.472 e. The van der Waals surface area contributed by atoms with Gasteiger partial charge in [-0.2, -0.15) is 0 Å². The number of hydrogen-bond acceptors (Lipinski definition) is 5. The van der Waals surface area contributed by atoms with Crippen LogP contribution in [-0.4, -0.2) is 37.7 Å². The molecule has 0 bridgehead atoms. The van der Waals surface area contributed by atoms with Crippen LogP contribution in [0.2, 0.25) is 0 Å². The van der Waals surface area contributed by atoms with Gasteiger partial charge in [0.1, 0.15) is 0 Å². The second-order valence-corrected chi connectivity index (χ2v) is 4.65. The van der Waals surface area contributed by atoms with E-state index in [-0.39, 0.29) is 17.8 Å². The van der Waals surface area contributed by atoms with Crippen LogP contribution in [0.3, 0.4) is 0 Å². The molecular formula is C12H18O5. The van der Waals surface area contributed by atoms with Crippen LogP contribution in [0.15, 0.2) is 11.8 Å². The van der Waals surface area contributed by atoms with Gasteiger partial charge in [0, 0.05) is 18.9 Å². The zero-order valence-corrected chi connectivity index (χ0v) is 10.3. The normalized spacial score (nSPS) is 40.2. The van der Waals surface area contributed by atoms with Gasteiger partial charge in [0.2, 0.25) is 6.29 Å². The second kappa shape index (κ2) is 4.66. The van der Waals surface area contributed by atoms with E-state index in [0.717, 1.165) is 0 Å². The van der Waals surface area contributed by atoms with Crippen molar-refractivity contribution in [2.75, 3.05) is 14.2 Å². The third kappa shape index (κ3) is 1.93. The Labute approximate surface area is 100 Å². The summed E-state index contributed by atoms with van der Waals surface area (Å²) in [6.07, 6.45) is 1.13. The summed E-state index contributed by atoms with van der Waals surface area (Å²) in [5, 5.41) is 9.92. The van der Waals surface area contributed by atoms with Crippen molar-refractivity contribution in [1.82, 2.24) is 0 Å². The Morgan fingerprint density at radius 1 is 1.53 bits per heavy atom. The summed E-state index contributed by atoms with van der Waals surface area (Å²) >= 11 is 0. The van der Waals surface area contributed by atoms with E-state index >= 15 is 0 Å². The monoisotopic (exact) mass is 242 g/mol. The predicted octanol–water partition coefficient (Wildman–Crippen LogP) is 0.679. The summed E-state index contributed by atoms with van der Waals surface area (Å²) in [5.74, 6) is -0.408. The largest absolute Gasteiger partial charge is 0.472 e. The standard InChI is InChI=1S/C12H18O5/c1-6-9(13)4-7-8(11(14)15-2)5-17-12(16-3)10(6)7/h5-7,9-10,12-13H,4H2,1-3H3/t6-,7-,9+,10-,12?/m1/s1. The first-order valence-electron chi connectivity index (χ1n) is 5.74. The highest BCUT2D eigenvalue weighted by molar-refractivity contribution is 5.89. The first kappa shape index (κ1) is 12.4. The Morgan fingerprint density at radius 2 is 2.24 bits per heavy atom. The summed E-state index contributed by atoms with van der Waals surface area (Å²) in [4.78, 5) is 11.6. The number of hydrogen-bond donors (Lipinski definition) is 1. The molecule has 2 aliphatic rings. The molecule has 0 spiro atoms. The van der Waals surface area contributed by atoms with Crippen molar-refractivity contribution >= 4 is 5.97 Å². The average molecular weight is 242 g/mol. The van der Waals surface area contributed by atoms with Gasteiger partial charge in [-0.25, -0.2) is 4.79 Å². The third-order valence-electron chi connectivity index (χ3n) is 3.87. The number of aliphatic hydroxyl groups is 1. The van der Waals surface area contributed by atoms with E-state index in [4.69, 9.17) is 14.2 Å². The molecule has 0 aromatic heterocycles. The lowest BCUT2D eigenvalue weighted by Gasteiger charge is -2.34. The summed E-state index contributed by atoms with van der Waals surface area (Å²) < 4.78 is 15.4. The van der Waals surface area contributed by atoms with Crippen LogP contribution in [0, 0.1) is 17.8 Å². The van der Waals surface area contributed by atoms with Crippen LogP contribution in [0.25, 0.3) is 0 Å². The van der Waals surface area contributed by atoms with Gasteiger partial charge in [0.15, 0.2) is 0 Å². The molecule has 17 heavy (non-hydrogen) atoms. The number of carbonyl (C=O) groups excluding carboxylic acids is 1. The smallest absolute Gasteiger partial charge is 0.337 e. The summed E-state index contributed by atoms with van der Waals surface area (Å²) in [5.41, 5.74) is 0.495. The molecule has 1 saturated carbocycles. The van der Waals surface area contributed by atoms with Gasteiger partial charge in [-0.3, -0.25) is 0 Å². The number of fused-ring (bicyclic) bond motifs is 1. The molecule has 0 radical (unpaired) electrons. The molecule has 5 atom stereocenters. The van der Waals surface area contributed by atoms with E-state index in [1.54, 1.807) is 7.11 Å². The maximum absolute atomic E-state index is 11.6. The Balaban J connectivity index is 2.29. The molecule has 1 heterocycles. The molecule has 5 heteroatoms. The number of aliphatic hydroxyl groups excluding tert-OH is 1. The first-order chi connectivity index (χ1) is 8.10. The molecule has 0 aromatic carbocycles. The van der Waals surface area contributed by atoms with E-state index in [2.05, 4.69) is 0 Å². The van der Waals surface area contributed by atoms with Crippen LogP contribution in [0.4, 0.5) is 0 Å². The van der Waals surface area contributed by atoms with Crippen LogP contribution < -0.4 is 0 Å². The summed E-state index contributed by atoms with van der Waals surface area (Å²) in [7, 11) is 2.91. The van der Waals surface area contributed by atoms with Crippen molar-refractivity contribution in [3.8, 4) is 0 Å². The van der Waals surface area contributed by atoms with Gasteiger partial charge in [-0.1, -0.05) is 6.92 Å². The SMILES string of the molecule is COC(=O)C1=COC(OC)[C@@H]2[C@H](C)[C@@H](O)C[C@H]12. The van der Waals surface area contributed by atoms with Gasteiger partial charge in [-0.15, -0.1) is 0 Å². The number of esters is 1. The van der Waals surface area contributed by atoms with Gasteiger partial charge in [0.25, 0.3) is 0 Å². The average Bonchev–Trinajstić information content (AvgIpc) is 2.64. The number of ether oxygens (including phenoxy) is 3. The van der Waals surface area contributed by atoms with Crippen LogP contribution in [0.1, 0.15) is 13.3 Å². The molecule has 1 unspecified atom stereocenters. The quantitative estimate of drug-likeness (QED) is 0.721. The van der Waals surface area contributed by atoms with Crippen molar-refractivity contribution in [2.45, 2.75) is 25.7 Å². The molecule has 1 aliphatic heterocycles. The van der Waals surface area contributed by atoms with Crippen molar-refractivity contribution in [3.05, 3.63) is 11.8 Å². The molecule has 2 rings (SSSR count). The molecule has 96 valence electrons. The van der Waals surface area contributed by atoms with Crippen LogP contribution in [-0.2, 0) is 19.0 Å². The minimum absolute atomic E-state index is 0.00546. The van der Waals surface area contributed by atoms with E-state index in [0.29, 0.717) is 12.0 Å². The van der Waals surface area contributed by atoms with Gasteiger partial charge < -0.3 is 19.3 Å². The molecular weight excluding hydrogens is 224 g/mol. The fraction of sp³-hybridized carbons (Fsp3) is 0.750. The summed E-state index contributed by atoms with van der Waals surface area (Å²) in [6.45, 7) is 1.95. The van der Waals surface area contributed by atoms with Crippen LogP contribution in [0.5, 0.6) is 0 Å². The van der Waals surface area contributed by atoms with Gasteiger partial charge in [-0.05, 0) is 12.3 Å². The lowest BCUT2D eigenvalue weighted by atomic mass is 9.83. The highest BCUT2D eigenvalue weighted by Crippen LogP contribution is 2.46. The Bertz CT molecular complexity index is 338. The molecule has 5 nitrogen and oxygen atoms in total. The second-order valence-electron chi connectivity index (χ2n) is 4.65. The Morgan fingerprint density at radius 3 is 2.82 bits per heavy atom. The number of rotatable bonds is 2. The molecule has 1 fully saturated rings. The maximum atomic E-state index is 11.6. The lowest BCUT2D eigenvalue weighted by Crippen LogP contribution is -2.37. The zero-order valence-electron chi connectivity index (χ0n) is 10.3. The predicted molar refractivity (Wildman–Crippen MR) is 58.7 cm³/mol. The van der Waals surface area contributed by atoms with Crippen molar-refractivity contribution in [3.63, 3.8) is 0 Å². The van der Waals surface area contributed by atoms with E-state index in [1.807, 2.05) is 6.92 Å². The van der Waals surface area contributed by atoms with E-state index in [9.17, 15) is 9.90 Å². The molecule has 1 N–H and O–H groups in total. The highest BCUT2D eigenvalue weighted by Gasteiger charge is 2.50. The van der Waals surface area contributed by atoms with Crippen molar-refractivity contribution in [2.24, 2.45) is 17.8 Å². The third-order valence-corrected chi connectivity index (χ3v) is 3.87. The molecule has 0 aromatic rings. The van der Waals surface area contributed by atoms with Gasteiger partial charge in [0.05, 0.1) is 25.0 Å². The molecule has 0 amide bonds. The van der Waals surface area contributed by atoms with Crippen molar-refractivity contribution in [1.29, 1.82) is 0 Å². The van der Waals surface area contributed by atoms with E-state index in [1.165, 1.54) is 13.4 Å². The Kier molecular flexibility index (Phi) is 3.40. The topological polar surface area (TPSA) is 65.0 Å². The van der Waals surface area contributed by atoms with Gasteiger partial charge >= 0.3 is 5.97 Å². The molecule has 1 aliphatic carbocycles. The fourth-order valence-electron chi connectivity index (χ4n) is 2.88. The summed E-state index contributed by atoms with van der Waals surface area (Å²) in [6, 6.07) is 0. The number of carbonyl (C=O) groups is 1. The zero-order chi connectivity index (χ0) is 12.6. The lowest BCUT2D eigenvalue weighted by molar-refractivity contribution is -0.155. The highest BCUT2D eigenvalue weighted by atomic mass is 16.7. The maximum Gasteiger partial charge on any atom is 0.337 e. The minimum atomic E-state index is -0.433. The first-order valence-corrected chi connectivity index (χ1v) is 5.74. The Hall–Kier alpha value is -1.07. The fourth-order valence-corrected chi connectivity index (χ4v) is 2.88. The van der Waals surface area contributed by atoms with Crippen molar-refractivity contribution < 1.29 is 24.1 Å². The number of methoxy groups -OCH3 is 2. The molecule has 0 saturated heterocycles. The van der Waals surface area contributed by atoms with E-state index < -0.39 is 18.4 Å². The van der Waals surface area contributed by atoms with Crippen LogP contribution >= 0.6 is 0 Å².